The molecule has 0 fully saturated rings. The van der Waals surface area contributed by atoms with Gasteiger partial charge in [-0.15, -0.1) is 36.2 Å². The van der Waals surface area contributed by atoms with Crippen molar-refractivity contribution < 1.29 is 0 Å². The van der Waals surface area contributed by atoms with E-state index in [0.29, 0.717) is 5.13 Å². The zero-order valence-corrected chi connectivity index (χ0v) is 19.4. The molecule has 1 heterocycles. The van der Waals surface area contributed by atoms with E-state index < -0.39 is 0 Å². The third-order valence-electron chi connectivity index (χ3n) is 4.74. The first-order chi connectivity index (χ1) is 13.3. The molecule has 0 radical (unpaired) electrons. The van der Waals surface area contributed by atoms with Crippen molar-refractivity contribution in [3.05, 3.63) is 71.1 Å². The number of benzene rings is 2. The Morgan fingerprint density at radius 2 is 1.52 bits per heavy atom. The van der Waals surface area contributed by atoms with E-state index in [2.05, 4.69) is 71.4 Å². The Balaban J connectivity index is 0.00000210. The molecule has 0 amide bonds. The Labute approximate surface area is 191 Å². The van der Waals surface area contributed by atoms with E-state index in [-0.39, 0.29) is 24.8 Å². The number of nitrogen functional groups attached to an aromatic ring is 1. The number of aromatic nitrogens is 1. The molecular formula is C23H31Cl2N3S. The molecule has 2 N–H and O–H groups in total. The van der Waals surface area contributed by atoms with Crippen LogP contribution >= 0.6 is 36.2 Å². The monoisotopic (exact) mass is 451 g/mol. The first-order valence-corrected chi connectivity index (χ1v) is 10.6. The standard InChI is InChI=1S/C23H29N3S.2ClH/c1-2-16-26(18-15-19-10-5-3-6-11-19)17-9-14-21-22(25-23(24)27-21)20-12-7-4-8-13-20;;/h3-8,10-13H,2,9,14-18H2,1H3,(H2,24,25);2*1H. The van der Waals surface area contributed by atoms with Crippen LogP contribution in [-0.2, 0) is 12.8 Å². The maximum absolute atomic E-state index is 6.01. The highest BCUT2D eigenvalue weighted by molar-refractivity contribution is 7.15. The molecule has 0 atom stereocenters. The van der Waals surface area contributed by atoms with Gasteiger partial charge in [0.2, 0.25) is 0 Å². The molecule has 0 spiro atoms. The van der Waals surface area contributed by atoms with Crippen molar-refractivity contribution in [2.45, 2.75) is 32.6 Å². The molecule has 3 nitrogen and oxygen atoms in total. The van der Waals surface area contributed by atoms with Crippen molar-refractivity contribution in [2.75, 3.05) is 25.4 Å². The number of nitrogens with zero attached hydrogens (tertiary/aromatic N) is 2. The van der Waals surface area contributed by atoms with Gasteiger partial charge in [0.05, 0.1) is 5.69 Å². The summed E-state index contributed by atoms with van der Waals surface area (Å²) >= 11 is 1.63. The fraction of sp³-hybridized carbons (Fsp3) is 0.348. The van der Waals surface area contributed by atoms with Crippen LogP contribution in [0.4, 0.5) is 5.13 Å². The molecule has 0 unspecified atom stereocenters. The highest BCUT2D eigenvalue weighted by Gasteiger charge is 2.12. The summed E-state index contributed by atoms with van der Waals surface area (Å²) in [5.41, 5.74) is 9.64. The number of hydrogen-bond donors (Lipinski definition) is 1. The molecule has 0 aliphatic rings. The SMILES string of the molecule is CCCN(CCCc1sc(N)nc1-c1ccccc1)CCc1ccccc1.Cl.Cl. The summed E-state index contributed by atoms with van der Waals surface area (Å²) in [7, 11) is 0. The van der Waals surface area contributed by atoms with Crippen molar-refractivity contribution in [2.24, 2.45) is 0 Å². The number of nitrogens with two attached hydrogens (primary N) is 1. The second kappa shape index (κ2) is 13.6. The Kier molecular flexibility index (Phi) is 11.9. The van der Waals surface area contributed by atoms with Crippen molar-refractivity contribution in [3.63, 3.8) is 0 Å². The number of hydrogen-bond acceptors (Lipinski definition) is 4. The Morgan fingerprint density at radius 3 is 2.17 bits per heavy atom. The predicted molar refractivity (Wildman–Crippen MR) is 132 cm³/mol. The number of thiazole rings is 1. The lowest BCUT2D eigenvalue weighted by Gasteiger charge is -2.21. The van der Waals surface area contributed by atoms with Gasteiger partial charge in [-0.05, 0) is 44.3 Å². The number of aryl methyl sites for hydroxylation is 1. The highest BCUT2D eigenvalue weighted by Crippen LogP contribution is 2.30. The molecule has 6 heteroatoms. The Hall–Kier alpha value is -1.59. The minimum atomic E-state index is 0. The molecule has 0 saturated heterocycles. The molecular weight excluding hydrogens is 421 g/mol. The van der Waals surface area contributed by atoms with E-state index in [1.807, 2.05) is 6.07 Å². The Bertz CT molecular complexity index is 810. The maximum Gasteiger partial charge on any atom is 0.180 e. The van der Waals surface area contributed by atoms with E-state index in [9.17, 15) is 0 Å². The number of halogens is 2. The summed E-state index contributed by atoms with van der Waals surface area (Å²) in [6.45, 7) is 5.65. The van der Waals surface area contributed by atoms with Crippen LogP contribution in [0, 0.1) is 0 Å². The summed E-state index contributed by atoms with van der Waals surface area (Å²) in [6.07, 6.45) is 4.47. The largest absolute Gasteiger partial charge is 0.375 e. The van der Waals surface area contributed by atoms with Crippen LogP contribution in [0.25, 0.3) is 11.3 Å². The van der Waals surface area contributed by atoms with Gasteiger partial charge < -0.3 is 10.6 Å². The number of anilines is 1. The van der Waals surface area contributed by atoms with Crippen molar-refractivity contribution in [1.82, 2.24) is 9.88 Å². The lowest BCUT2D eigenvalue weighted by molar-refractivity contribution is 0.274. The van der Waals surface area contributed by atoms with Gasteiger partial charge in [0.25, 0.3) is 0 Å². The van der Waals surface area contributed by atoms with E-state index >= 15 is 0 Å². The molecule has 0 saturated carbocycles. The average Bonchev–Trinajstić information content (AvgIpc) is 3.08. The van der Waals surface area contributed by atoms with Crippen LogP contribution < -0.4 is 5.73 Å². The summed E-state index contributed by atoms with van der Waals surface area (Å²) in [5.74, 6) is 0. The first-order valence-electron chi connectivity index (χ1n) is 9.83. The second-order valence-electron chi connectivity index (χ2n) is 6.87. The normalized spacial score (nSPS) is 10.4. The zero-order chi connectivity index (χ0) is 18.9. The van der Waals surface area contributed by atoms with Gasteiger partial charge in [-0.3, -0.25) is 0 Å². The van der Waals surface area contributed by atoms with Gasteiger partial charge in [0.15, 0.2) is 5.13 Å². The van der Waals surface area contributed by atoms with Gasteiger partial charge in [-0.25, -0.2) is 4.98 Å². The van der Waals surface area contributed by atoms with E-state index in [1.54, 1.807) is 11.3 Å². The van der Waals surface area contributed by atoms with Crippen LogP contribution in [0.15, 0.2) is 60.7 Å². The predicted octanol–water partition coefficient (Wildman–Crippen LogP) is 6.12. The molecule has 29 heavy (non-hydrogen) atoms. The van der Waals surface area contributed by atoms with Gasteiger partial charge in [0.1, 0.15) is 0 Å². The third kappa shape index (κ3) is 7.98. The molecule has 158 valence electrons. The summed E-state index contributed by atoms with van der Waals surface area (Å²) < 4.78 is 0. The van der Waals surface area contributed by atoms with Crippen LogP contribution in [-0.4, -0.2) is 29.5 Å². The van der Waals surface area contributed by atoms with Crippen molar-refractivity contribution in [1.29, 1.82) is 0 Å². The average molecular weight is 452 g/mol. The first kappa shape index (κ1) is 25.4. The molecule has 0 aliphatic heterocycles. The van der Waals surface area contributed by atoms with E-state index in [0.717, 1.165) is 50.2 Å². The molecule has 2 aromatic carbocycles. The Morgan fingerprint density at radius 1 is 0.862 bits per heavy atom. The van der Waals surface area contributed by atoms with Crippen molar-refractivity contribution >= 4 is 41.3 Å². The third-order valence-corrected chi connectivity index (χ3v) is 5.68. The minimum Gasteiger partial charge on any atom is -0.375 e. The van der Waals surface area contributed by atoms with Crippen LogP contribution in [0.3, 0.4) is 0 Å². The van der Waals surface area contributed by atoms with Crippen LogP contribution in [0.5, 0.6) is 0 Å². The van der Waals surface area contributed by atoms with E-state index in [1.165, 1.54) is 16.9 Å². The van der Waals surface area contributed by atoms with E-state index in [4.69, 9.17) is 5.73 Å². The molecule has 3 aromatic rings. The summed E-state index contributed by atoms with van der Waals surface area (Å²) in [6, 6.07) is 21.1. The fourth-order valence-corrected chi connectivity index (χ4v) is 4.30. The minimum absolute atomic E-state index is 0. The lowest BCUT2D eigenvalue weighted by atomic mass is 10.1. The smallest absolute Gasteiger partial charge is 0.180 e. The van der Waals surface area contributed by atoms with Gasteiger partial charge in [-0.1, -0.05) is 67.6 Å². The molecule has 0 bridgehead atoms. The summed E-state index contributed by atoms with van der Waals surface area (Å²) in [4.78, 5) is 8.46. The van der Waals surface area contributed by atoms with Crippen LogP contribution in [0.2, 0.25) is 0 Å². The highest BCUT2D eigenvalue weighted by atomic mass is 35.5. The van der Waals surface area contributed by atoms with Gasteiger partial charge >= 0.3 is 0 Å². The molecule has 1 aromatic heterocycles. The summed E-state index contributed by atoms with van der Waals surface area (Å²) in [5, 5.41) is 0.665. The maximum atomic E-state index is 6.01. The topological polar surface area (TPSA) is 42.1 Å². The van der Waals surface area contributed by atoms with Gasteiger partial charge in [0, 0.05) is 17.0 Å². The van der Waals surface area contributed by atoms with Gasteiger partial charge in [-0.2, -0.15) is 0 Å². The molecule has 3 rings (SSSR count). The van der Waals surface area contributed by atoms with Crippen LogP contribution in [0.1, 0.15) is 30.2 Å². The quantitative estimate of drug-likeness (QED) is 0.403. The lowest BCUT2D eigenvalue weighted by Crippen LogP contribution is -2.28. The zero-order valence-electron chi connectivity index (χ0n) is 16.9. The molecule has 0 aliphatic carbocycles. The number of rotatable bonds is 10. The second-order valence-corrected chi connectivity index (χ2v) is 7.99. The van der Waals surface area contributed by atoms with Crippen molar-refractivity contribution in [3.8, 4) is 11.3 Å². The fourth-order valence-electron chi connectivity index (χ4n) is 3.41.